The minimum Gasteiger partial charge on any atom is -0.497 e. The number of nitrogens with one attached hydrogen (secondary N) is 1. The molecule has 0 bridgehead atoms. The maximum atomic E-state index is 12.6. The molecule has 6 heteroatoms. The van der Waals surface area contributed by atoms with Crippen molar-refractivity contribution in [3.05, 3.63) is 70.8 Å². The van der Waals surface area contributed by atoms with Gasteiger partial charge in [0.2, 0.25) is 0 Å². The Balaban J connectivity index is 1.85. The lowest BCUT2D eigenvalue weighted by atomic mass is 10.2. The third-order valence-corrected chi connectivity index (χ3v) is 3.83. The summed E-state index contributed by atoms with van der Waals surface area (Å²) in [6.07, 6.45) is 3.05. The first-order valence-electron chi connectivity index (χ1n) is 7.43. The molecule has 2 heterocycles. The van der Waals surface area contributed by atoms with Gasteiger partial charge in [-0.15, -0.1) is 0 Å². The molecule has 6 nitrogen and oxygen atoms in total. The van der Waals surface area contributed by atoms with E-state index in [-0.39, 0.29) is 5.56 Å². The second kappa shape index (κ2) is 5.66. The zero-order valence-electron chi connectivity index (χ0n) is 12.9. The highest BCUT2D eigenvalue weighted by Crippen LogP contribution is 2.25. The molecule has 2 aromatic heterocycles. The fourth-order valence-electron chi connectivity index (χ4n) is 2.60. The van der Waals surface area contributed by atoms with Crippen LogP contribution < -0.4 is 10.3 Å². The Morgan fingerprint density at radius 1 is 1.21 bits per heavy atom. The number of aromatic amines is 1. The summed E-state index contributed by atoms with van der Waals surface area (Å²) < 4.78 is 6.46. The normalized spacial score (nSPS) is 11.5. The number of nitrogens with zero attached hydrogens (tertiary/aromatic N) is 3. The van der Waals surface area contributed by atoms with Crippen LogP contribution in [0.2, 0.25) is 0 Å². The molecule has 4 aromatic rings. The monoisotopic (exact) mass is 318 g/mol. The number of aromatic nitrogens is 3. The van der Waals surface area contributed by atoms with Crippen LogP contribution in [-0.4, -0.2) is 28.0 Å². The largest absolute Gasteiger partial charge is 0.497 e. The van der Waals surface area contributed by atoms with Gasteiger partial charge >= 0.3 is 0 Å². The molecule has 0 aliphatic rings. The van der Waals surface area contributed by atoms with Gasteiger partial charge in [0.25, 0.3) is 5.56 Å². The second-order valence-electron chi connectivity index (χ2n) is 5.31. The maximum Gasteiger partial charge on any atom is 0.298 e. The van der Waals surface area contributed by atoms with Gasteiger partial charge in [0.1, 0.15) is 23.1 Å². The van der Waals surface area contributed by atoms with E-state index in [1.165, 1.54) is 11.0 Å². The molecule has 0 saturated carbocycles. The van der Waals surface area contributed by atoms with Crippen LogP contribution in [0.5, 0.6) is 5.75 Å². The number of methoxy groups -OCH3 is 1. The van der Waals surface area contributed by atoms with Gasteiger partial charge in [-0.1, -0.05) is 30.3 Å². The number of benzene rings is 2. The van der Waals surface area contributed by atoms with Crippen molar-refractivity contribution in [3.8, 4) is 5.75 Å². The second-order valence-corrected chi connectivity index (χ2v) is 5.31. The molecular formula is C18H14N4O2. The molecule has 0 radical (unpaired) electrons. The highest BCUT2D eigenvalue weighted by molar-refractivity contribution is 6.04. The molecule has 0 unspecified atom stereocenters. The lowest BCUT2D eigenvalue weighted by Crippen LogP contribution is -2.17. The number of fused-ring (bicyclic) bond motifs is 3. The van der Waals surface area contributed by atoms with E-state index in [2.05, 4.69) is 15.1 Å². The summed E-state index contributed by atoms with van der Waals surface area (Å²) >= 11 is 0. The number of hydrogen-bond acceptors (Lipinski definition) is 4. The quantitative estimate of drug-likeness (QED) is 0.590. The Hall–Kier alpha value is -3.41. The van der Waals surface area contributed by atoms with Crippen molar-refractivity contribution in [1.29, 1.82) is 0 Å². The fraction of sp³-hybridized carbons (Fsp3) is 0.0556. The summed E-state index contributed by atoms with van der Waals surface area (Å²) in [5.41, 5.74) is 2.53. The van der Waals surface area contributed by atoms with Gasteiger partial charge in [-0.05, 0) is 23.8 Å². The number of hydrogen-bond donors (Lipinski definition) is 1. The van der Waals surface area contributed by atoms with Gasteiger partial charge in [-0.25, -0.2) is 4.98 Å². The van der Waals surface area contributed by atoms with Crippen molar-refractivity contribution < 1.29 is 4.74 Å². The number of rotatable bonds is 3. The van der Waals surface area contributed by atoms with Crippen molar-refractivity contribution in [2.45, 2.75) is 0 Å². The fourth-order valence-corrected chi connectivity index (χ4v) is 2.60. The first-order valence-corrected chi connectivity index (χ1v) is 7.43. The van der Waals surface area contributed by atoms with Crippen LogP contribution in [0.15, 0.2) is 64.8 Å². The minimum atomic E-state index is -0.248. The standard InChI is InChI=1S/C18H14N4O2/c1-24-13-7-8-15-14(9-13)16-17(21-15)18(23)22(11-19-16)20-10-12-5-3-2-4-6-12/h2-11,21H,1H3/b20-10+. The number of ether oxygens (including phenoxy) is 1. The predicted molar refractivity (Wildman–Crippen MR) is 93.8 cm³/mol. The van der Waals surface area contributed by atoms with Gasteiger partial charge in [0, 0.05) is 10.9 Å². The van der Waals surface area contributed by atoms with E-state index in [1.807, 2.05) is 48.5 Å². The Labute approximate surface area is 137 Å². The van der Waals surface area contributed by atoms with Crippen LogP contribution in [0.3, 0.4) is 0 Å². The average Bonchev–Trinajstić information content (AvgIpc) is 3.00. The lowest BCUT2D eigenvalue weighted by molar-refractivity contribution is 0.415. The van der Waals surface area contributed by atoms with E-state index in [4.69, 9.17) is 4.74 Å². The van der Waals surface area contributed by atoms with E-state index >= 15 is 0 Å². The molecule has 0 amide bonds. The van der Waals surface area contributed by atoms with E-state index in [0.717, 1.165) is 22.2 Å². The first kappa shape index (κ1) is 14.2. The van der Waals surface area contributed by atoms with Crippen LogP contribution in [0, 0.1) is 0 Å². The summed E-state index contributed by atoms with van der Waals surface area (Å²) in [4.78, 5) is 20.1. The first-order chi connectivity index (χ1) is 11.8. The molecule has 2 aromatic carbocycles. The molecule has 0 atom stereocenters. The summed E-state index contributed by atoms with van der Waals surface area (Å²) in [5.74, 6) is 0.719. The highest BCUT2D eigenvalue weighted by Gasteiger charge is 2.11. The van der Waals surface area contributed by atoms with Crippen molar-refractivity contribution >= 4 is 28.2 Å². The molecule has 118 valence electrons. The molecule has 0 aliphatic heterocycles. The van der Waals surface area contributed by atoms with E-state index < -0.39 is 0 Å². The number of H-pyrrole nitrogens is 1. The summed E-state index contributed by atoms with van der Waals surface area (Å²) in [6.45, 7) is 0. The van der Waals surface area contributed by atoms with E-state index in [0.29, 0.717) is 11.0 Å². The Morgan fingerprint density at radius 3 is 2.83 bits per heavy atom. The highest BCUT2D eigenvalue weighted by atomic mass is 16.5. The van der Waals surface area contributed by atoms with Crippen LogP contribution in [0.4, 0.5) is 0 Å². The zero-order valence-corrected chi connectivity index (χ0v) is 12.9. The van der Waals surface area contributed by atoms with Gasteiger partial charge < -0.3 is 9.72 Å². The molecule has 0 spiro atoms. The van der Waals surface area contributed by atoms with Gasteiger partial charge in [-0.3, -0.25) is 4.79 Å². The maximum absolute atomic E-state index is 12.6. The SMILES string of the molecule is COc1ccc2[nH]c3c(=O)n(/N=C/c4ccccc4)cnc3c2c1. The Kier molecular flexibility index (Phi) is 3.35. The Bertz CT molecular complexity index is 1110. The topological polar surface area (TPSA) is 72.3 Å². The van der Waals surface area contributed by atoms with Crippen molar-refractivity contribution in [2.75, 3.05) is 7.11 Å². The molecular weight excluding hydrogens is 304 g/mol. The molecule has 0 saturated heterocycles. The Morgan fingerprint density at radius 2 is 2.04 bits per heavy atom. The average molecular weight is 318 g/mol. The molecule has 0 fully saturated rings. The molecule has 1 N–H and O–H groups in total. The van der Waals surface area contributed by atoms with Crippen molar-refractivity contribution in [1.82, 2.24) is 14.6 Å². The van der Waals surface area contributed by atoms with Crippen molar-refractivity contribution in [3.63, 3.8) is 0 Å². The van der Waals surface area contributed by atoms with Gasteiger partial charge in [-0.2, -0.15) is 9.78 Å². The third kappa shape index (κ3) is 2.34. The van der Waals surface area contributed by atoms with Crippen LogP contribution in [0.1, 0.15) is 5.56 Å². The zero-order chi connectivity index (χ0) is 16.5. The minimum absolute atomic E-state index is 0.248. The lowest BCUT2D eigenvalue weighted by Gasteiger charge is -1.99. The third-order valence-electron chi connectivity index (χ3n) is 3.83. The van der Waals surface area contributed by atoms with Gasteiger partial charge in [0.15, 0.2) is 0 Å². The van der Waals surface area contributed by atoms with E-state index in [1.54, 1.807) is 13.3 Å². The smallest absolute Gasteiger partial charge is 0.298 e. The molecule has 4 rings (SSSR count). The summed E-state index contributed by atoms with van der Waals surface area (Å²) in [6, 6.07) is 15.1. The van der Waals surface area contributed by atoms with E-state index in [9.17, 15) is 4.79 Å². The predicted octanol–water partition coefficient (Wildman–Crippen LogP) is 2.77. The molecule has 0 aliphatic carbocycles. The van der Waals surface area contributed by atoms with Crippen LogP contribution >= 0.6 is 0 Å². The van der Waals surface area contributed by atoms with Gasteiger partial charge in [0.05, 0.1) is 13.3 Å². The van der Waals surface area contributed by atoms with Crippen LogP contribution in [0.25, 0.3) is 21.9 Å². The molecule has 24 heavy (non-hydrogen) atoms. The summed E-state index contributed by atoms with van der Waals surface area (Å²) in [5, 5.41) is 5.05. The van der Waals surface area contributed by atoms with Crippen LogP contribution in [-0.2, 0) is 0 Å². The van der Waals surface area contributed by atoms with Crippen molar-refractivity contribution in [2.24, 2.45) is 5.10 Å². The summed E-state index contributed by atoms with van der Waals surface area (Å²) in [7, 11) is 1.61.